The lowest BCUT2D eigenvalue weighted by Gasteiger charge is -2.12. The highest BCUT2D eigenvalue weighted by Crippen LogP contribution is 2.28. The van der Waals surface area contributed by atoms with Crippen molar-refractivity contribution in [2.45, 2.75) is 0 Å². The van der Waals surface area contributed by atoms with E-state index in [9.17, 15) is 0 Å². The van der Waals surface area contributed by atoms with Crippen molar-refractivity contribution in [2.75, 3.05) is 5.32 Å². The summed E-state index contributed by atoms with van der Waals surface area (Å²) < 4.78 is 2.26. The summed E-state index contributed by atoms with van der Waals surface area (Å²) in [7, 11) is 0. The first-order valence-electron chi connectivity index (χ1n) is 5.97. The molecule has 0 unspecified atom stereocenters. The molecule has 100 valence electrons. The third-order valence-electron chi connectivity index (χ3n) is 2.98. The Labute approximate surface area is 134 Å². The number of thiocarbonyl (C=S) groups is 1. The van der Waals surface area contributed by atoms with Crippen molar-refractivity contribution >= 4 is 65.9 Å². The van der Waals surface area contributed by atoms with Gasteiger partial charge in [-0.25, -0.2) is 0 Å². The second-order valence-corrected chi connectivity index (χ2v) is 6.66. The molecule has 20 heavy (non-hydrogen) atoms. The Kier molecular flexibility index (Phi) is 3.74. The quantitative estimate of drug-likeness (QED) is 0.640. The fraction of sp³-hybridized carbons (Fsp3) is 0. The topological polar surface area (TPSA) is 38.0 Å². The van der Waals surface area contributed by atoms with E-state index in [-0.39, 0.29) is 0 Å². The van der Waals surface area contributed by atoms with Crippen LogP contribution < -0.4 is 11.1 Å². The zero-order valence-corrected chi connectivity index (χ0v) is 13.6. The number of fused-ring (bicyclic) bond motifs is 1. The van der Waals surface area contributed by atoms with Gasteiger partial charge in [-0.15, -0.1) is 11.3 Å². The number of nitrogens with one attached hydrogen (secondary N) is 1. The predicted molar refractivity (Wildman–Crippen MR) is 95.1 cm³/mol. The number of anilines is 2. The molecule has 0 radical (unpaired) electrons. The van der Waals surface area contributed by atoms with E-state index in [0.717, 1.165) is 21.4 Å². The Balaban J connectivity index is 2.01. The van der Waals surface area contributed by atoms with E-state index in [0.29, 0.717) is 4.99 Å². The van der Waals surface area contributed by atoms with Crippen LogP contribution in [0.1, 0.15) is 5.56 Å². The molecule has 2 aromatic carbocycles. The van der Waals surface area contributed by atoms with E-state index >= 15 is 0 Å². The van der Waals surface area contributed by atoms with Crippen LogP contribution in [0, 0.1) is 0 Å². The van der Waals surface area contributed by atoms with Gasteiger partial charge >= 0.3 is 0 Å². The second-order valence-electron chi connectivity index (χ2n) is 4.35. The van der Waals surface area contributed by atoms with E-state index in [2.05, 4.69) is 50.9 Å². The van der Waals surface area contributed by atoms with Gasteiger partial charge in [-0.1, -0.05) is 28.1 Å². The van der Waals surface area contributed by atoms with Gasteiger partial charge in [-0.2, -0.15) is 0 Å². The van der Waals surface area contributed by atoms with Gasteiger partial charge in [0.1, 0.15) is 4.99 Å². The van der Waals surface area contributed by atoms with Gasteiger partial charge in [0, 0.05) is 26.1 Å². The largest absolute Gasteiger partial charge is 0.389 e. The lowest BCUT2D eigenvalue weighted by Crippen LogP contribution is -2.11. The molecule has 0 atom stereocenters. The Hall–Kier alpha value is -1.43. The molecule has 0 aliphatic heterocycles. The lowest BCUT2D eigenvalue weighted by molar-refractivity contribution is 1.52. The van der Waals surface area contributed by atoms with Gasteiger partial charge in [0.05, 0.1) is 0 Å². The summed E-state index contributed by atoms with van der Waals surface area (Å²) in [6, 6.07) is 14.2. The van der Waals surface area contributed by atoms with Crippen molar-refractivity contribution in [1.29, 1.82) is 0 Å². The Morgan fingerprint density at radius 1 is 1.15 bits per heavy atom. The van der Waals surface area contributed by atoms with Crippen LogP contribution in [0.15, 0.2) is 52.3 Å². The molecule has 0 aliphatic rings. The number of halogens is 1. The molecule has 0 amide bonds. The molecule has 5 heteroatoms. The first-order chi connectivity index (χ1) is 9.63. The predicted octanol–water partition coefficient (Wildman–Crippen LogP) is 5.04. The van der Waals surface area contributed by atoms with Crippen LogP contribution in [0.5, 0.6) is 0 Å². The molecule has 3 rings (SSSR count). The van der Waals surface area contributed by atoms with Crippen LogP contribution in [0.2, 0.25) is 0 Å². The van der Waals surface area contributed by atoms with Crippen LogP contribution >= 0.6 is 39.5 Å². The van der Waals surface area contributed by atoms with Crippen LogP contribution in [0.4, 0.5) is 11.4 Å². The molecule has 1 aromatic heterocycles. The normalized spacial score (nSPS) is 10.7. The smallest absolute Gasteiger partial charge is 0.106 e. The van der Waals surface area contributed by atoms with Crippen LogP contribution in [0.3, 0.4) is 0 Å². The third kappa shape index (κ3) is 2.70. The number of rotatable bonds is 3. The standard InChI is InChI=1S/C15H11BrN2S2/c16-10-1-3-12(15(17)19)13(8-10)18-11-2-4-14-9(7-11)5-6-20-14/h1-8,18H,(H2,17,19). The molecule has 0 bridgehead atoms. The zero-order chi connectivity index (χ0) is 14.1. The maximum Gasteiger partial charge on any atom is 0.106 e. The van der Waals surface area contributed by atoms with E-state index in [4.69, 9.17) is 18.0 Å². The second kappa shape index (κ2) is 5.52. The molecule has 0 saturated carbocycles. The molecule has 3 aromatic rings. The minimum Gasteiger partial charge on any atom is -0.389 e. The highest BCUT2D eigenvalue weighted by Gasteiger charge is 2.07. The molecule has 2 nitrogen and oxygen atoms in total. The van der Waals surface area contributed by atoms with Crippen molar-refractivity contribution in [3.8, 4) is 0 Å². The van der Waals surface area contributed by atoms with Crippen molar-refractivity contribution in [3.05, 3.63) is 57.9 Å². The number of hydrogen-bond acceptors (Lipinski definition) is 3. The molecular weight excluding hydrogens is 352 g/mol. The number of benzene rings is 2. The Morgan fingerprint density at radius 2 is 2.00 bits per heavy atom. The summed E-state index contributed by atoms with van der Waals surface area (Å²) in [6.45, 7) is 0. The monoisotopic (exact) mass is 362 g/mol. The van der Waals surface area contributed by atoms with Crippen molar-refractivity contribution < 1.29 is 0 Å². The maximum atomic E-state index is 5.77. The highest BCUT2D eigenvalue weighted by molar-refractivity contribution is 9.10. The minimum atomic E-state index is 0.386. The van der Waals surface area contributed by atoms with E-state index in [1.165, 1.54) is 10.1 Å². The molecule has 0 fully saturated rings. The Morgan fingerprint density at radius 3 is 2.80 bits per heavy atom. The van der Waals surface area contributed by atoms with Gasteiger partial charge in [0.25, 0.3) is 0 Å². The molecule has 1 heterocycles. The average Bonchev–Trinajstić information content (AvgIpc) is 2.85. The number of hydrogen-bond donors (Lipinski definition) is 2. The third-order valence-corrected chi connectivity index (χ3v) is 4.59. The molecule has 0 saturated heterocycles. The van der Waals surface area contributed by atoms with Gasteiger partial charge in [-0.05, 0) is 53.2 Å². The van der Waals surface area contributed by atoms with Crippen molar-refractivity contribution in [2.24, 2.45) is 5.73 Å². The highest BCUT2D eigenvalue weighted by atomic mass is 79.9. The lowest BCUT2D eigenvalue weighted by atomic mass is 10.1. The van der Waals surface area contributed by atoms with E-state index in [1.54, 1.807) is 11.3 Å². The molecule has 0 aliphatic carbocycles. The minimum absolute atomic E-state index is 0.386. The number of nitrogens with two attached hydrogens (primary N) is 1. The van der Waals surface area contributed by atoms with Gasteiger partial charge in [0.15, 0.2) is 0 Å². The van der Waals surface area contributed by atoms with Crippen LogP contribution in [0.25, 0.3) is 10.1 Å². The molecule has 3 N–H and O–H groups in total. The first-order valence-corrected chi connectivity index (χ1v) is 8.05. The average molecular weight is 363 g/mol. The maximum absolute atomic E-state index is 5.77. The van der Waals surface area contributed by atoms with Crippen molar-refractivity contribution in [3.63, 3.8) is 0 Å². The fourth-order valence-electron chi connectivity index (χ4n) is 2.03. The summed E-state index contributed by atoms with van der Waals surface area (Å²) in [5, 5.41) is 6.70. The summed E-state index contributed by atoms with van der Waals surface area (Å²) in [5.74, 6) is 0. The van der Waals surface area contributed by atoms with E-state index in [1.807, 2.05) is 18.2 Å². The summed E-state index contributed by atoms with van der Waals surface area (Å²) in [4.78, 5) is 0.386. The first kappa shape index (κ1) is 13.5. The van der Waals surface area contributed by atoms with Gasteiger partial charge in [-0.3, -0.25) is 0 Å². The van der Waals surface area contributed by atoms with Crippen molar-refractivity contribution in [1.82, 2.24) is 0 Å². The fourth-order valence-corrected chi connectivity index (χ4v) is 3.34. The van der Waals surface area contributed by atoms with E-state index < -0.39 is 0 Å². The Bertz CT molecular complexity index is 795. The number of thiophene rings is 1. The zero-order valence-electron chi connectivity index (χ0n) is 10.4. The van der Waals surface area contributed by atoms with Crippen LogP contribution in [-0.4, -0.2) is 4.99 Å². The van der Waals surface area contributed by atoms with Crippen LogP contribution in [-0.2, 0) is 0 Å². The molecular formula is C15H11BrN2S2. The summed E-state index contributed by atoms with van der Waals surface area (Å²) in [6.07, 6.45) is 0. The van der Waals surface area contributed by atoms with Gasteiger partial charge in [0.2, 0.25) is 0 Å². The summed E-state index contributed by atoms with van der Waals surface area (Å²) in [5.41, 5.74) is 8.54. The SMILES string of the molecule is NC(=S)c1ccc(Br)cc1Nc1ccc2sccc2c1. The van der Waals surface area contributed by atoms with Gasteiger partial charge < -0.3 is 11.1 Å². The summed E-state index contributed by atoms with van der Waals surface area (Å²) >= 11 is 10.3. The molecule has 0 spiro atoms.